The average molecular weight is 175 g/mol. The Hall–Kier alpha value is -1.47. The first-order valence-electron chi connectivity index (χ1n) is 4.38. The molecule has 0 aliphatic heterocycles. The predicted molar refractivity (Wildman–Crippen MR) is 53.4 cm³/mol. The third kappa shape index (κ3) is 2.49. The van der Waals surface area contributed by atoms with Crippen LogP contribution in [0.15, 0.2) is 29.4 Å². The third-order valence-corrected chi connectivity index (χ3v) is 2.04. The summed E-state index contributed by atoms with van der Waals surface area (Å²) in [6.45, 7) is 4.05. The van der Waals surface area contributed by atoms with Crippen LogP contribution in [-0.4, -0.2) is 0 Å². The van der Waals surface area contributed by atoms with E-state index in [1.807, 2.05) is 38.1 Å². The van der Waals surface area contributed by atoms with Gasteiger partial charge < -0.3 is 0 Å². The highest BCUT2D eigenvalue weighted by atomic mass is 15.1. The van der Waals surface area contributed by atoms with Crippen molar-refractivity contribution in [1.29, 1.82) is 0 Å². The van der Waals surface area contributed by atoms with Crippen LogP contribution in [0.5, 0.6) is 0 Å². The molecule has 1 rings (SSSR count). The Bertz CT molecular complexity index is 309. The SMILES string of the molecule is CC[C@H](N=[N+]=[N-])c1ccc(C)cc1. The van der Waals surface area contributed by atoms with Gasteiger partial charge in [0.05, 0.1) is 6.04 Å². The fraction of sp³-hybridized carbons (Fsp3) is 0.400. The average Bonchev–Trinajstić information content (AvgIpc) is 2.16. The molecule has 0 bridgehead atoms. The van der Waals surface area contributed by atoms with Crippen molar-refractivity contribution in [2.24, 2.45) is 5.11 Å². The zero-order chi connectivity index (χ0) is 9.68. The van der Waals surface area contributed by atoms with Crippen LogP contribution in [0.1, 0.15) is 30.5 Å². The van der Waals surface area contributed by atoms with Crippen LogP contribution in [0, 0.1) is 6.92 Å². The number of nitrogens with zero attached hydrogens (tertiary/aromatic N) is 3. The van der Waals surface area contributed by atoms with Crippen molar-refractivity contribution in [3.8, 4) is 0 Å². The van der Waals surface area contributed by atoms with Gasteiger partial charge in [-0.15, -0.1) is 0 Å². The van der Waals surface area contributed by atoms with Crippen molar-refractivity contribution < 1.29 is 0 Å². The summed E-state index contributed by atoms with van der Waals surface area (Å²) < 4.78 is 0. The summed E-state index contributed by atoms with van der Waals surface area (Å²) in [4.78, 5) is 2.83. The van der Waals surface area contributed by atoms with Crippen molar-refractivity contribution >= 4 is 0 Å². The van der Waals surface area contributed by atoms with E-state index in [0.29, 0.717) is 0 Å². The lowest BCUT2D eigenvalue weighted by Gasteiger charge is -2.07. The molecule has 0 amide bonds. The van der Waals surface area contributed by atoms with Crippen molar-refractivity contribution in [1.82, 2.24) is 0 Å². The van der Waals surface area contributed by atoms with Crippen LogP contribution < -0.4 is 0 Å². The molecule has 0 fully saturated rings. The van der Waals surface area contributed by atoms with Crippen LogP contribution in [0.3, 0.4) is 0 Å². The highest BCUT2D eigenvalue weighted by Gasteiger charge is 2.05. The van der Waals surface area contributed by atoms with E-state index >= 15 is 0 Å². The van der Waals surface area contributed by atoms with Crippen molar-refractivity contribution in [3.05, 3.63) is 45.8 Å². The van der Waals surface area contributed by atoms with Gasteiger partial charge in [0.25, 0.3) is 0 Å². The van der Waals surface area contributed by atoms with Crippen LogP contribution in [0.4, 0.5) is 0 Å². The number of hydrogen-bond acceptors (Lipinski definition) is 1. The normalized spacial score (nSPS) is 11.8. The first-order chi connectivity index (χ1) is 6.27. The molecule has 1 atom stereocenters. The van der Waals surface area contributed by atoms with E-state index in [1.54, 1.807) is 0 Å². The Balaban J connectivity index is 2.91. The molecule has 1 aromatic carbocycles. The van der Waals surface area contributed by atoms with Gasteiger partial charge in [0.2, 0.25) is 0 Å². The number of aryl methyl sites for hydroxylation is 1. The maximum Gasteiger partial charge on any atom is 0.0622 e. The number of hydrogen-bond donors (Lipinski definition) is 0. The van der Waals surface area contributed by atoms with E-state index in [1.165, 1.54) is 5.56 Å². The summed E-state index contributed by atoms with van der Waals surface area (Å²) in [5.41, 5.74) is 10.7. The lowest BCUT2D eigenvalue weighted by Crippen LogP contribution is -1.91. The summed E-state index contributed by atoms with van der Waals surface area (Å²) in [7, 11) is 0. The minimum absolute atomic E-state index is 0.0226. The van der Waals surface area contributed by atoms with Crippen molar-refractivity contribution in [2.45, 2.75) is 26.3 Å². The summed E-state index contributed by atoms with van der Waals surface area (Å²) in [6, 6.07) is 8.07. The number of rotatable bonds is 3. The first kappa shape index (κ1) is 9.62. The van der Waals surface area contributed by atoms with E-state index in [9.17, 15) is 0 Å². The highest BCUT2D eigenvalue weighted by molar-refractivity contribution is 5.24. The number of benzene rings is 1. The standard InChI is InChI=1S/C10H13N3/c1-3-10(12-13-11)9-6-4-8(2)5-7-9/h4-7,10H,3H2,1-2H3/t10-/m0/s1. The Labute approximate surface area is 78.0 Å². The second-order valence-corrected chi connectivity index (χ2v) is 3.04. The minimum atomic E-state index is -0.0226. The van der Waals surface area contributed by atoms with Gasteiger partial charge in [-0.3, -0.25) is 0 Å². The van der Waals surface area contributed by atoms with Crippen LogP contribution in [-0.2, 0) is 0 Å². The second-order valence-electron chi connectivity index (χ2n) is 3.04. The van der Waals surface area contributed by atoms with Crippen LogP contribution in [0.2, 0.25) is 0 Å². The fourth-order valence-corrected chi connectivity index (χ4v) is 1.23. The lowest BCUT2D eigenvalue weighted by molar-refractivity contribution is 0.692. The predicted octanol–water partition coefficient (Wildman–Crippen LogP) is 3.76. The zero-order valence-corrected chi connectivity index (χ0v) is 7.94. The second kappa shape index (κ2) is 4.53. The topological polar surface area (TPSA) is 48.8 Å². The monoisotopic (exact) mass is 175 g/mol. The Kier molecular flexibility index (Phi) is 3.35. The molecular weight excluding hydrogens is 162 g/mol. The molecule has 13 heavy (non-hydrogen) atoms. The van der Waals surface area contributed by atoms with E-state index in [2.05, 4.69) is 10.0 Å². The van der Waals surface area contributed by atoms with Gasteiger partial charge in [0.15, 0.2) is 0 Å². The molecule has 0 heterocycles. The molecule has 0 aliphatic rings. The van der Waals surface area contributed by atoms with Gasteiger partial charge in [-0.25, -0.2) is 0 Å². The zero-order valence-electron chi connectivity index (χ0n) is 7.94. The highest BCUT2D eigenvalue weighted by Crippen LogP contribution is 2.21. The molecule has 1 aromatic rings. The van der Waals surface area contributed by atoms with Crippen LogP contribution >= 0.6 is 0 Å². The Morgan fingerprint density at radius 3 is 2.46 bits per heavy atom. The molecule has 0 spiro atoms. The van der Waals surface area contributed by atoms with E-state index in [0.717, 1.165) is 12.0 Å². The molecule has 0 unspecified atom stereocenters. The molecule has 0 aromatic heterocycles. The molecule has 0 saturated heterocycles. The summed E-state index contributed by atoms with van der Waals surface area (Å²) in [6.07, 6.45) is 0.840. The molecule has 3 nitrogen and oxygen atoms in total. The van der Waals surface area contributed by atoms with Gasteiger partial charge in [-0.2, -0.15) is 0 Å². The van der Waals surface area contributed by atoms with E-state index in [4.69, 9.17) is 5.53 Å². The smallest absolute Gasteiger partial charge is 0.0622 e. The summed E-state index contributed by atoms with van der Waals surface area (Å²) >= 11 is 0. The van der Waals surface area contributed by atoms with Crippen LogP contribution in [0.25, 0.3) is 10.4 Å². The molecule has 68 valence electrons. The quantitative estimate of drug-likeness (QED) is 0.381. The Morgan fingerprint density at radius 2 is 2.00 bits per heavy atom. The van der Waals surface area contributed by atoms with Gasteiger partial charge in [-0.1, -0.05) is 41.9 Å². The maximum atomic E-state index is 8.34. The summed E-state index contributed by atoms with van der Waals surface area (Å²) in [5, 5.41) is 3.72. The van der Waals surface area contributed by atoms with Crippen molar-refractivity contribution in [2.75, 3.05) is 0 Å². The van der Waals surface area contributed by atoms with E-state index < -0.39 is 0 Å². The van der Waals surface area contributed by atoms with Gasteiger partial charge >= 0.3 is 0 Å². The fourth-order valence-electron chi connectivity index (χ4n) is 1.23. The third-order valence-electron chi connectivity index (χ3n) is 2.04. The minimum Gasteiger partial charge on any atom is -0.0859 e. The van der Waals surface area contributed by atoms with Gasteiger partial charge in [-0.05, 0) is 24.4 Å². The summed E-state index contributed by atoms with van der Waals surface area (Å²) in [5.74, 6) is 0. The molecule has 0 aliphatic carbocycles. The largest absolute Gasteiger partial charge is 0.0859 e. The van der Waals surface area contributed by atoms with Gasteiger partial charge in [0.1, 0.15) is 0 Å². The molecule has 0 radical (unpaired) electrons. The molecular formula is C10H13N3. The molecule has 3 heteroatoms. The Morgan fingerprint density at radius 1 is 1.38 bits per heavy atom. The maximum absolute atomic E-state index is 8.34. The van der Waals surface area contributed by atoms with Gasteiger partial charge in [0, 0.05) is 4.91 Å². The molecule has 0 N–H and O–H groups in total. The lowest BCUT2D eigenvalue weighted by atomic mass is 10.0. The molecule has 0 saturated carbocycles. The van der Waals surface area contributed by atoms with E-state index in [-0.39, 0.29) is 6.04 Å². The first-order valence-corrected chi connectivity index (χ1v) is 4.38. The number of azide groups is 1. The van der Waals surface area contributed by atoms with Crippen molar-refractivity contribution in [3.63, 3.8) is 0 Å².